The number of anilines is 1. The predicted octanol–water partition coefficient (Wildman–Crippen LogP) is 5.26. The lowest BCUT2D eigenvalue weighted by Gasteiger charge is -2.29. The van der Waals surface area contributed by atoms with Gasteiger partial charge in [0.2, 0.25) is 5.91 Å². The van der Waals surface area contributed by atoms with E-state index in [-0.39, 0.29) is 5.91 Å². The van der Waals surface area contributed by atoms with Gasteiger partial charge in [0.15, 0.2) is 5.13 Å². The van der Waals surface area contributed by atoms with Gasteiger partial charge in [0.05, 0.1) is 23.4 Å². The molecule has 4 rings (SSSR count). The summed E-state index contributed by atoms with van der Waals surface area (Å²) in [7, 11) is 0. The predicted molar refractivity (Wildman–Crippen MR) is 137 cm³/mol. The van der Waals surface area contributed by atoms with E-state index in [2.05, 4.69) is 53.6 Å². The van der Waals surface area contributed by atoms with E-state index < -0.39 is 0 Å². The Morgan fingerprint density at radius 2 is 1.97 bits per heavy atom. The van der Waals surface area contributed by atoms with Crippen LogP contribution < -0.4 is 4.90 Å². The summed E-state index contributed by atoms with van der Waals surface area (Å²) in [5.41, 5.74) is 1.00. The minimum absolute atomic E-state index is 0.164. The minimum Gasteiger partial charge on any atom is -0.379 e. The summed E-state index contributed by atoms with van der Waals surface area (Å²) < 4.78 is 6.60. The van der Waals surface area contributed by atoms with E-state index >= 15 is 0 Å². The van der Waals surface area contributed by atoms with E-state index in [4.69, 9.17) is 9.72 Å². The molecule has 0 aliphatic carbocycles. The van der Waals surface area contributed by atoms with Crippen LogP contribution in [0, 0.1) is 0 Å². The third-order valence-electron chi connectivity index (χ3n) is 5.41. The molecule has 0 unspecified atom stereocenters. The van der Waals surface area contributed by atoms with Crippen LogP contribution >= 0.6 is 34.9 Å². The summed E-state index contributed by atoms with van der Waals surface area (Å²) in [6, 6.07) is 16.6. The highest BCUT2D eigenvalue weighted by atomic mass is 32.2. The van der Waals surface area contributed by atoms with Crippen LogP contribution in [0.15, 0.2) is 58.3 Å². The molecule has 170 valence electrons. The first-order valence-electron chi connectivity index (χ1n) is 11.0. The maximum absolute atomic E-state index is 13.3. The van der Waals surface area contributed by atoms with Gasteiger partial charge in [0.25, 0.3) is 0 Å². The normalized spacial score (nSPS) is 14.7. The number of benzene rings is 2. The van der Waals surface area contributed by atoms with Crippen LogP contribution in [0.2, 0.25) is 0 Å². The lowest BCUT2D eigenvalue weighted by atomic mass is 10.3. The number of thiazole rings is 1. The number of carbonyl (C=O) groups is 1. The summed E-state index contributed by atoms with van der Waals surface area (Å²) in [4.78, 5) is 24.9. The van der Waals surface area contributed by atoms with E-state index in [0.29, 0.717) is 13.0 Å². The monoisotopic (exact) mass is 487 g/mol. The Bertz CT molecular complexity index is 1010. The third-order valence-corrected chi connectivity index (χ3v) is 8.32. The summed E-state index contributed by atoms with van der Waals surface area (Å²) >= 11 is 5.12. The maximum atomic E-state index is 13.3. The SMILES string of the molecule is CSc1cccc2sc(N(CCN3CCOCC3)C(=O)CCCSc3ccccc3)nc12. The average molecular weight is 488 g/mol. The standard InChI is InChI=1S/C24H29N3O2S3/c1-30-20-9-5-10-21-23(20)25-24(32-21)27(13-12-26-14-16-29-17-15-26)22(28)11-6-18-31-19-7-3-2-4-8-19/h2-5,7-10H,6,11-18H2,1H3. The topological polar surface area (TPSA) is 45.7 Å². The molecule has 0 radical (unpaired) electrons. The van der Waals surface area contributed by atoms with Crippen molar-refractivity contribution in [2.75, 3.05) is 56.3 Å². The molecular formula is C24H29N3O2S3. The van der Waals surface area contributed by atoms with Crippen LogP contribution in [-0.4, -0.2) is 67.2 Å². The van der Waals surface area contributed by atoms with E-state index in [9.17, 15) is 4.79 Å². The number of para-hydroxylation sites is 1. The number of morpholine rings is 1. The summed E-state index contributed by atoms with van der Waals surface area (Å²) in [6.07, 6.45) is 3.46. The van der Waals surface area contributed by atoms with Crippen molar-refractivity contribution in [1.29, 1.82) is 0 Å². The van der Waals surface area contributed by atoms with E-state index in [1.807, 2.05) is 11.0 Å². The Morgan fingerprint density at radius 3 is 2.75 bits per heavy atom. The highest BCUT2D eigenvalue weighted by molar-refractivity contribution is 7.99. The van der Waals surface area contributed by atoms with Gasteiger partial charge in [-0.05, 0) is 42.7 Å². The lowest BCUT2D eigenvalue weighted by Crippen LogP contribution is -2.43. The number of hydrogen-bond acceptors (Lipinski definition) is 7. The van der Waals surface area contributed by atoms with E-state index in [1.165, 1.54) is 4.90 Å². The zero-order valence-electron chi connectivity index (χ0n) is 18.4. The molecule has 0 spiro atoms. The highest BCUT2D eigenvalue weighted by Gasteiger charge is 2.22. The number of hydrogen-bond donors (Lipinski definition) is 0. The van der Waals surface area contributed by atoms with Crippen LogP contribution in [0.1, 0.15) is 12.8 Å². The van der Waals surface area contributed by atoms with Gasteiger partial charge in [-0.15, -0.1) is 23.5 Å². The Balaban J connectivity index is 1.43. The molecule has 2 aromatic carbocycles. The number of rotatable bonds is 10. The third kappa shape index (κ3) is 6.26. The van der Waals surface area contributed by atoms with Gasteiger partial charge in [-0.3, -0.25) is 14.6 Å². The van der Waals surface area contributed by atoms with Crippen molar-refractivity contribution < 1.29 is 9.53 Å². The van der Waals surface area contributed by atoms with Crippen LogP contribution in [0.4, 0.5) is 5.13 Å². The number of carbonyl (C=O) groups excluding carboxylic acids is 1. The van der Waals surface area contributed by atoms with Crippen molar-refractivity contribution in [2.24, 2.45) is 0 Å². The number of ether oxygens (including phenoxy) is 1. The van der Waals surface area contributed by atoms with Crippen molar-refractivity contribution in [1.82, 2.24) is 9.88 Å². The minimum atomic E-state index is 0.164. The quantitative estimate of drug-likeness (QED) is 0.287. The number of aromatic nitrogens is 1. The molecule has 1 aromatic heterocycles. The van der Waals surface area contributed by atoms with Gasteiger partial charge in [0.1, 0.15) is 0 Å². The highest BCUT2D eigenvalue weighted by Crippen LogP contribution is 2.34. The Morgan fingerprint density at radius 1 is 1.16 bits per heavy atom. The Labute approximate surface area is 202 Å². The molecule has 1 aliphatic heterocycles. The number of amides is 1. The molecule has 0 N–H and O–H groups in total. The molecule has 0 bridgehead atoms. The average Bonchev–Trinajstić information content (AvgIpc) is 3.27. The first-order valence-corrected chi connectivity index (χ1v) is 14.0. The molecule has 0 saturated carbocycles. The van der Waals surface area contributed by atoms with Crippen LogP contribution in [0.25, 0.3) is 10.2 Å². The fraction of sp³-hybridized carbons (Fsp3) is 0.417. The first-order chi connectivity index (χ1) is 15.7. The Hall–Kier alpha value is -1.58. The molecule has 1 saturated heterocycles. The van der Waals surface area contributed by atoms with Crippen molar-refractivity contribution in [2.45, 2.75) is 22.6 Å². The molecule has 3 aromatic rings. The van der Waals surface area contributed by atoms with E-state index in [1.54, 1.807) is 34.9 Å². The number of fused-ring (bicyclic) bond motifs is 1. The maximum Gasteiger partial charge on any atom is 0.228 e. The van der Waals surface area contributed by atoms with Crippen molar-refractivity contribution in [3.63, 3.8) is 0 Å². The zero-order valence-corrected chi connectivity index (χ0v) is 20.8. The smallest absolute Gasteiger partial charge is 0.228 e. The molecule has 1 amide bonds. The summed E-state index contributed by atoms with van der Waals surface area (Å²) in [5, 5.41) is 0.815. The second kappa shape index (κ2) is 12.0. The van der Waals surface area contributed by atoms with Crippen molar-refractivity contribution in [3.05, 3.63) is 48.5 Å². The summed E-state index contributed by atoms with van der Waals surface area (Å²) in [6.45, 7) is 4.89. The number of thioether (sulfide) groups is 2. The summed E-state index contributed by atoms with van der Waals surface area (Å²) in [5.74, 6) is 1.10. The molecule has 5 nitrogen and oxygen atoms in total. The second-order valence-electron chi connectivity index (χ2n) is 7.57. The second-order valence-corrected chi connectivity index (χ2v) is 10.6. The van der Waals surface area contributed by atoms with Crippen LogP contribution in [0.3, 0.4) is 0 Å². The van der Waals surface area contributed by atoms with Crippen molar-refractivity contribution >= 4 is 56.1 Å². The van der Waals surface area contributed by atoms with Crippen molar-refractivity contribution in [3.8, 4) is 0 Å². The Kier molecular flexibility index (Phi) is 8.87. The van der Waals surface area contributed by atoms with Gasteiger partial charge in [-0.25, -0.2) is 4.98 Å². The molecule has 2 heterocycles. The molecule has 0 atom stereocenters. The van der Waals surface area contributed by atoms with Crippen LogP contribution in [0.5, 0.6) is 0 Å². The largest absolute Gasteiger partial charge is 0.379 e. The van der Waals surface area contributed by atoms with Crippen LogP contribution in [-0.2, 0) is 9.53 Å². The fourth-order valence-electron chi connectivity index (χ4n) is 3.65. The van der Waals surface area contributed by atoms with Gasteiger partial charge in [0, 0.05) is 42.4 Å². The van der Waals surface area contributed by atoms with Gasteiger partial charge < -0.3 is 4.74 Å². The lowest BCUT2D eigenvalue weighted by molar-refractivity contribution is -0.118. The molecule has 1 fully saturated rings. The molecule has 1 aliphatic rings. The van der Waals surface area contributed by atoms with Gasteiger partial charge in [-0.2, -0.15) is 0 Å². The zero-order chi connectivity index (χ0) is 22.2. The molecule has 32 heavy (non-hydrogen) atoms. The first kappa shape index (κ1) is 23.6. The molecule has 8 heteroatoms. The van der Waals surface area contributed by atoms with E-state index in [0.717, 1.165) is 65.3 Å². The number of nitrogens with zero attached hydrogens (tertiary/aromatic N) is 3. The van der Waals surface area contributed by atoms with Gasteiger partial charge >= 0.3 is 0 Å². The molecular weight excluding hydrogens is 458 g/mol. The fourth-order valence-corrected chi connectivity index (χ4v) is 6.19. The van der Waals surface area contributed by atoms with Gasteiger partial charge in [-0.1, -0.05) is 35.6 Å².